The van der Waals surface area contributed by atoms with E-state index < -0.39 is 0 Å². The summed E-state index contributed by atoms with van der Waals surface area (Å²) < 4.78 is 0. The lowest BCUT2D eigenvalue weighted by molar-refractivity contribution is 1.22. The van der Waals surface area contributed by atoms with Gasteiger partial charge in [-0.15, -0.1) is 0 Å². The summed E-state index contributed by atoms with van der Waals surface area (Å²) in [6.07, 6.45) is 1.76. The highest BCUT2D eigenvalue weighted by atomic mass is 35.5. The van der Waals surface area contributed by atoms with Crippen LogP contribution in [0.4, 0.5) is 5.69 Å². The molecule has 0 saturated heterocycles. The molecule has 3 nitrogen and oxygen atoms in total. The van der Waals surface area contributed by atoms with E-state index in [1.54, 1.807) is 18.2 Å². The molecule has 0 aliphatic heterocycles. The fourth-order valence-corrected chi connectivity index (χ4v) is 1.99. The summed E-state index contributed by atoms with van der Waals surface area (Å²) in [5, 5.41) is 9.64. The Morgan fingerprint density at radius 1 is 1.33 bits per heavy atom. The Labute approximate surface area is 115 Å². The van der Waals surface area contributed by atoms with E-state index in [-0.39, 0.29) is 6.42 Å². The van der Waals surface area contributed by atoms with E-state index in [4.69, 9.17) is 34.2 Å². The minimum absolute atomic E-state index is 0.236. The number of benzene rings is 1. The lowest BCUT2D eigenvalue weighted by atomic mass is 10.1. The number of rotatable bonds is 2. The molecule has 5 heteroatoms. The molecule has 0 fully saturated rings. The average Bonchev–Trinajstić information content (AvgIpc) is 2.36. The van der Waals surface area contributed by atoms with Crippen LogP contribution in [0.5, 0.6) is 0 Å². The molecule has 18 heavy (non-hydrogen) atoms. The fourth-order valence-electron chi connectivity index (χ4n) is 1.59. The fraction of sp³-hybridized carbons (Fsp3) is 0.0769. The second-order valence-electron chi connectivity index (χ2n) is 3.70. The Balaban J connectivity index is 2.55. The van der Waals surface area contributed by atoms with E-state index in [9.17, 15) is 0 Å². The van der Waals surface area contributed by atoms with Crippen molar-refractivity contribution in [2.75, 3.05) is 5.73 Å². The molecule has 2 N–H and O–H groups in total. The Kier molecular flexibility index (Phi) is 3.71. The summed E-state index contributed by atoms with van der Waals surface area (Å²) >= 11 is 12.1. The van der Waals surface area contributed by atoms with Crippen molar-refractivity contribution in [1.82, 2.24) is 4.98 Å². The summed E-state index contributed by atoms with van der Waals surface area (Å²) in [5.41, 5.74) is 8.36. The van der Waals surface area contributed by atoms with Gasteiger partial charge in [0.15, 0.2) is 0 Å². The summed E-state index contributed by atoms with van der Waals surface area (Å²) in [6, 6.07) is 9.15. The number of nitrogen functional groups attached to an aromatic ring is 1. The number of pyridine rings is 1. The summed E-state index contributed by atoms with van der Waals surface area (Å²) in [6.45, 7) is 0. The van der Waals surface area contributed by atoms with Crippen molar-refractivity contribution in [3.63, 3.8) is 0 Å². The van der Waals surface area contributed by atoms with Crippen LogP contribution < -0.4 is 5.73 Å². The van der Waals surface area contributed by atoms with Gasteiger partial charge in [-0.1, -0.05) is 35.3 Å². The summed E-state index contributed by atoms with van der Waals surface area (Å²) in [7, 11) is 0. The molecule has 0 atom stereocenters. The van der Waals surface area contributed by atoms with E-state index in [2.05, 4.69) is 11.1 Å². The first-order valence-electron chi connectivity index (χ1n) is 5.19. The molecular weight excluding hydrogens is 269 g/mol. The van der Waals surface area contributed by atoms with Gasteiger partial charge in [-0.2, -0.15) is 5.26 Å². The maximum absolute atomic E-state index is 8.73. The largest absolute Gasteiger partial charge is 0.397 e. The minimum Gasteiger partial charge on any atom is -0.397 e. The Hall–Kier alpha value is -1.76. The van der Waals surface area contributed by atoms with Gasteiger partial charge < -0.3 is 5.73 Å². The molecule has 0 spiro atoms. The van der Waals surface area contributed by atoms with Gasteiger partial charge >= 0.3 is 0 Å². The van der Waals surface area contributed by atoms with Crippen LogP contribution in [0, 0.1) is 11.3 Å². The second kappa shape index (κ2) is 5.26. The van der Waals surface area contributed by atoms with Gasteiger partial charge in [0.1, 0.15) is 0 Å². The smallest absolute Gasteiger partial charge is 0.0722 e. The number of nitrogens with two attached hydrogens (primary N) is 1. The first-order valence-corrected chi connectivity index (χ1v) is 5.95. The molecule has 0 aliphatic carbocycles. The zero-order valence-corrected chi connectivity index (χ0v) is 10.8. The third-order valence-electron chi connectivity index (χ3n) is 2.52. The normalized spacial score (nSPS) is 10.1. The van der Waals surface area contributed by atoms with Crippen molar-refractivity contribution < 1.29 is 0 Å². The van der Waals surface area contributed by atoms with Crippen molar-refractivity contribution >= 4 is 28.9 Å². The molecule has 0 saturated carbocycles. The predicted octanol–water partition coefficient (Wildman–Crippen LogP) is 3.70. The van der Waals surface area contributed by atoms with Crippen molar-refractivity contribution in [1.29, 1.82) is 5.26 Å². The third-order valence-corrected chi connectivity index (χ3v) is 3.34. The number of hydrogen-bond acceptors (Lipinski definition) is 3. The van der Waals surface area contributed by atoms with E-state index >= 15 is 0 Å². The van der Waals surface area contributed by atoms with E-state index in [0.29, 0.717) is 21.4 Å². The van der Waals surface area contributed by atoms with Crippen molar-refractivity contribution in [3.05, 3.63) is 46.1 Å². The first kappa shape index (κ1) is 12.7. The number of aromatic nitrogens is 1. The Morgan fingerprint density at radius 2 is 2.11 bits per heavy atom. The molecule has 0 unspecified atom stereocenters. The zero-order valence-electron chi connectivity index (χ0n) is 9.32. The molecule has 0 amide bonds. The zero-order chi connectivity index (χ0) is 13.1. The van der Waals surface area contributed by atoms with Crippen LogP contribution in [0.15, 0.2) is 30.5 Å². The standard InChI is InChI=1S/C13H9Cl2N3/c14-10-3-1-2-9(13(10)15)12-6-8(4-5-16)11(17)7-18-12/h1-3,6-7H,4,17H2. The highest BCUT2D eigenvalue weighted by molar-refractivity contribution is 6.43. The van der Waals surface area contributed by atoms with E-state index in [0.717, 1.165) is 11.1 Å². The quantitative estimate of drug-likeness (QED) is 0.910. The van der Waals surface area contributed by atoms with Gasteiger partial charge in [-0.05, 0) is 17.7 Å². The Morgan fingerprint density at radius 3 is 2.83 bits per heavy atom. The van der Waals surface area contributed by atoms with Crippen LogP contribution in [0.3, 0.4) is 0 Å². The highest BCUT2D eigenvalue weighted by Crippen LogP contribution is 2.33. The topological polar surface area (TPSA) is 62.7 Å². The number of hydrogen-bond donors (Lipinski definition) is 1. The maximum atomic E-state index is 8.73. The third kappa shape index (κ3) is 2.40. The number of nitrogens with zero attached hydrogens (tertiary/aromatic N) is 2. The molecular formula is C13H9Cl2N3. The lowest BCUT2D eigenvalue weighted by Gasteiger charge is -2.08. The molecule has 0 radical (unpaired) electrons. The molecule has 1 heterocycles. The molecule has 0 aliphatic rings. The molecule has 0 bridgehead atoms. The van der Waals surface area contributed by atoms with Crippen LogP contribution in [-0.4, -0.2) is 4.98 Å². The van der Waals surface area contributed by atoms with Gasteiger partial charge in [-0.3, -0.25) is 4.98 Å². The van der Waals surface area contributed by atoms with Gasteiger partial charge in [0.2, 0.25) is 0 Å². The lowest BCUT2D eigenvalue weighted by Crippen LogP contribution is -1.96. The van der Waals surface area contributed by atoms with Crippen molar-refractivity contribution in [2.24, 2.45) is 0 Å². The molecule has 2 rings (SSSR count). The maximum Gasteiger partial charge on any atom is 0.0722 e. The van der Waals surface area contributed by atoms with Crippen LogP contribution in [-0.2, 0) is 6.42 Å². The second-order valence-corrected chi connectivity index (χ2v) is 4.49. The van der Waals surface area contributed by atoms with Crippen molar-refractivity contribution in [2.45, 2.75) is 6.42 Å². The van der Waals surface area contributed by atoms with Crippen molar-refractivity contribution in [3.8, 4) is 17.3 Å². The molecule has 1 aromatic heterocycles. The van der Waals surface area contributed by atoms with Crippen LogP contribution in [0.2, 0.25) is 10.0 Å². The average molecular weight is 278 g/mol. The Bertz CT molecular complexity index is 633. The summed E-state index contributed by atoms with van der Waals surface area (Å²) in [4.78, 5) is 4.22. The number of anilines is 1. The number of halogens is 2. The summed E-state index contributed by atoms with van der Waals surface area (Å²) in [5.74, 6) is 0. The first-order chi connectivity index (χ1) is 8.63. The molecule has 1 aromatic carbocycles. The monoisotopic (exact) mass is 277 g/mol. The highest BCUT2D eigenvalue weighted by Gasteiger charge is 2.10. The van der Waals surface area contributed by atoms with Gasteiger partial charge in [-0.25, -0.2) is 0 Å². The van der Waals surface area contributed by atoms with E-state index in [1.165, 1.54) is 6.20 Å². The van der Waals surface area contributed by atoms with Crippen LogP contribution in [0.1, 0.15) is 5.56 Å². The van der Waals surface area contributed by atoms with Crippen LogP contribution in [0.25, 0.3) is 11.3 Å². The van der Waals surface area contributed by atoms with Crippen LogP contribution >= 0.6 is 23.2 Å². The minimum atomic E-state index is 0.236. The SMILES string of the molecule is N#CCc1cc(-c2cccc(Cl)c2Cl)ncc1N. The molecule has 90 valence electrons. The number of nitriles is 1. The van der Waals surface area contributed by atoms with Gasteiger partial charge in [0.25, 0.3) is 0 Å². The predicted molar refractivity (Wildman–Crippen MR) is 73.4 cm³/mol. The molecule has 2 aromatic rings. The van der Waals surface area contributed by atoms with Gasteiger partial charge in [0, 0.05) is 5.56 Å². The van der Waals surface area contributed by atoms with Gasteiger partial charge in [0.05, 0.1) is 40.1 Å². The van der Waals surface area contributed by atoms with E-state index in [1.807, 2.05) is 6.07 Å².